The van der Waals surface area contributed by atoms with Crippen molar-refractivity contribution in [2.24, 2.45) is 0 Å². The monoisotopic (exact) mass is 503 g/mol. The number of hydroxylamine groups is 1. The van der Waals surface area contributed by atoms with Crippen molar-refractivity contribution in [3.63, 3.8) is 0 Å². The fourth-order valence-electron chi connectivity index (χ4n) is 3.39. The molecule has 0 aliphatic rings. The number of methoxy groups -OCH3 is 1. The Labute approximate surface area is 204 Å². The van der Waals surface area contributed by atoms with Crippen molar-refractivity contribution in [3.05, 3.63) is 59.8 Å². The smallest absolute Gasteiger partial charge is 0.268 e. The Morgan fingerprint density at radius 1 is 1.18 bits per heavy atom. The Morgan fingerprint density at radius 3 is 2.59 bits per heavy atom. The van der Waals surface area contributed by atoms with E-state index in [1.54, 1.807) is 43.3 Å². The molecular formula is C24H29N3O5S2. The minimum Gasteiger partial charge on any atom is -0.495 e. The normalized spacial score (nSPS) is 11.6. The maximum absolute atomic E-state index is 13.2. The van der Waals surface area contributed by atoms with Gasteiger partial charge in [0.2, 0.25) is 5.91 Å². The first-order valence-electron chi connectivity index (χ1n) is 11.0. The van der Waals surface area contributed by atoms with E-state index in [0.717, 1.165) is 24.1 Å². The van der Waals surface area contributed by atoms with Gasteiger partial charge in [0, 0.05) is 6.42 Å². The molecule has 3 rings (SSSR count). The molecule has 0 atom stereocenters. The summed E-state index contributed by atoms with van der Waals surface area (Å²) < 4.78 is 32.0. The summed E-state index contributed by atoms with van der Waals surface area (Å²) >= 11 is 1.27. The van der Waals surface area contributed by atoms with Crippen LogP contribution in [-0.2, 0) is 21.4 Å². The van der Waals surface area contributed by atoms with Crippen LogP contribution in [0.5, 0.6) is 5.75 Å². The van der Waals surface area contributed by atoms with E-state index in [1.807, 2.05) is 6.07 Å². The number of thiazole rings is 1. The molecule has 34 heavy (non-hydrogen) atoms. The van der Waals surface area contributed by atoms with E-state index in [-0.39, 0.29) is 23.1 Å². The zero-order valence-corrected chi connectivity index (χ0v) is 21.1. The lowest BCUT2D eigenvalue weighted by Crippen LogP contribution is -2.27. The van der Waals surface area contributed by atoms with Gasteiger partial charge in [-0.25, -0.2) is 13.4 Å². The number of anilines is 1. The molecule has 2 aromatic carbocycles. The molecule has 1 aromatic heterocycles. The number of unbranched alkanes of at least 4 members (excludes halogenated alkanes) is 2. The highest BCUT2D eigenvalue weighted by atomic mass is 32.2. The van der Waals surface area contributed by atoms with Crippen LogP contribution >= 0.6 is 11.3 Å². The zero-order valence-electron chi connectivity index (χ0n) is 19.4. The Bertz CT molecular complexity index is 1230. The first kappa shape index (κ1) is 25.8. The number of hydrogen-bond donors (Lipinski definition) is 2. The number of aromatic nitrogens is 1. The third-order valence-corrected chi connectivity index (χ3v) is 7.87. The summed E-state index contributed by atoms with van der Waals surface area (Å²) in [4.78, 5) is 17.1. The van der Waals surface area contributed by atoms with E-state index >= 15 is 0 Å². The molecule has 8 nitrogen and oxygen atoms in total. The Kier molecular flexibility index (Phi) is 8.78. The van der Waals surface area contributed by atoms with Crippen LogP contribution in [-0.4, -0.2) is 36.1 Å². The highest BCUT2D eigenvalue weighted by Crippen LogP contribution is 2.37. The topological polar surface area (TPSA) is 109 Å². The Morgan fingerprint density at radius 2 is 1.91 bits per heavy atom. The van der Waals surface area contributed by atoms with Crippen LogP contribution in [0.25, 0.3) is 10.4 Å². The van der Waals surface area contributed by atoms with Crippen LogP contribution in [0, 0.1) is 6.92 Å². The van der Waals surface area contributed by atoms with Crippen LogP contribution < -0.4 is 10.1 Å². The molecule has 0 unspecified atom stereocenters. The number of nitrogens with one attached hydrogen (secondary N) is 1. The third kappa shape index (κ3) is 6.20. The van der Waals surface area contributed by atoms with Crippen molar-refractivity contribution >= 4 is 32.4 Å². The second-order valence-corrected chi connectivity index (χ2v) is 10.6. The summed E-state index contributed by atoms with van der Waals surface area (Å²) in [5.41, 5.74) is 1.89. The lowest BCUT2D eigenvalue weighted by Gasteiger charge is -2.18. The molecule has 0 spiro atoms. The van der Waals surface area contributed by atoms with Crippen LogP contribution in [0.2, 0.25) is 0 Å². The molecule has 1 amide bonds. The molecule has 0 saturated heterocycles. The van der Waals surface area contributed by atoms with Crippen LogP contribution in [0.15, 0.2) is 53.4 Å². The molecule has 0 bridgehead atoms. The second-order valence-electron chi connectivity index (χ2n) is 7.78. The summed E-state index contributed by atoms with van der Waals surface area (Å²) in [6.45, 7) is 3.67. The number of carbonyl (C=O) groups is 1. The SMILES string of the molecule is CCCCCC(=O)Nc1nc(C)c(-c2ccc(OC)c(S(=O)(=O)N(O)Cc3ccccc3)c2)s1. The molecule has 10 heteroatoms. The Balaban J connectivity index is 1.88. The number of nitrogens with zero attached hydrogens (tertiary/aromatic N) is 2. The summed E-state index contributed by atoms with van der Waals surface area (Å²) in [7, 11) is -2.90. The second kappa shape index (κ2) is 11.6. The van der Waals surface area contributed by atoms with Crippen molar-refractivity contribution < 1.29 is 23.2 Å². The number of amides is 1. The quantitative estimate of drug-likeness (QED) is 0.274. The molecular weight excluding hydrogens is 474 g/mol. The van der Waals surface area contributed by atoms with Gasteiger partial charge in [-0.05, 0) is 42.7 Å². The van der Waals surface area contributed by atoms with Crippen molar-refractivity contribution in [1.29, 1.82) is 0 Å². The number of sulfonamides is 1. The maximum Gasteiger partial charge on any atom is 0.268 e. The average Bonchev–Trinajstić information content (AvgIpc) is 3.19. The molecule has 3 aromatic rings. The van der Waals surface area contributed by atoms with Crippen LogP contribution in [0.4, 0.5) is 5.13 Å². The number of hydrogen-bond acceptors (Lipinski definition) is 7. The van der Waals surface area contributed by atoms with Gasteiger partial charge in [-0.2, -0.15) is 0 Å². The van der Waals surface area contributed by atoms with Gasteiger partial charge < -0.3 is 10.1 Å². The van der Waals surface area contributed by atoms with Crippen LogP contribution in [0.1, 0.15) is 43.9 Å². The van der Waals surface area contributed by atoms with Gasteiger partial charge in [0.05, 0.1) is 24.2 Å². The number of ether oxygens (including phenoxy) is 1. The predicted octanol–water partition coefficient (Wildman–Crippen LogP) is 5.23. The lowest BCUT2D eigenvalue weighted by atomic mass is 10.1. The largest absolute Gasteiger partial charge is 0.495 e. The molecule has 0 aliphatic carbocycles. The van der Waals surface area contributed by atoms with Gasteiger partial charge in [-0.1, -0.05) is 65.9 Å². The van der Waals surface area contributed by atoms with Crippen molar-refractivity contribution in [1.82, 2.24) is 9.45 Å². The van der Waals surface area contributed by atoms with Gasteiger partial charge in [0.15, 0.2) is 5.13 Å². The average molecular weight is 504 g/mol. The number of carbonyl (C=O) groups excluding carboxylic acids is 1. The first-order chi connectivity index (χ1) is 16.3. The van der Waals surface area contributed by atoms with E-state index in [9.17, 15) is 18.4 Å². The Hall–Kier alpha value is -2.79. The molecule has 0 radical (unpaired) electrons. The maximum atomic E-state index is 13.2. The van der Waals surface area contributed by atoms with Gasteiger partial charge in [0.25, 0.3) is 10.0 Å². The minimum atomic E-state index is -4.27. The van der Waals surface area contributed by atoms with E-state index in [4.69, 9.17) is 4.74 Å². The van der Waals surface area contributed by atoms with E-state index < -0.39 is 10.0 Å². The van der Waals surface area contributed by atoms with E-state index in [1.165, 1.54) is 24.5 Å². The first-order valence-corrected chi connectivity index (χ1v) is 13.2. The highest BCUT2D eigenvalue weighted by molar-refractivity contribution is 7.89. The molecule has 0 fully saturated rings. The standard InChI is InChI=1S/C24H29N3O5S2/c1-4-5-7-12-22(28)26-24-25-17(2)23(33-24)19-13-14-20(32-3)21(15-19)34(30,31)27(29)16-18-10-8-6-9-11-18/h6,8-11,13-15,29H,4-5,7,12,16H2,1-3H3,(H,25,26,28). The number of benzene rings is 2. The van der Waals surface area contributed by atoms with Crippen molar-refractivity contribution in [3.8, 4) is 16.2 Å². The number of rotatable bonds is 11. The molecule has 2 N–H and O–H groups in total. The number of aryl methyl sites for hydroxylation is 1. The predicted molar refractivity (Wildman–Crippen MR) is 133 cm³/mol. The molecule has 182 valence electrons. The van der Waals surface area contributed by atoms with Gasteiger partial charge in [-0.3, -0.25) is 10.0 Å². The van der Waals surface area contributed by atoms with E-state index in [0.29, 0.717) is 32.8 Å². The summed E-state index contributed by atoms with van der Waals surface area (Å²) in [5, 5.41) is 13.7. The minimum absolute atomic E-state index is 0.0939. The summed E-state index contributed by atoms with van der Waals surface area (Å²) in [6.07, 6.45) is 3.28. The lowest BCUT2D eigenvalue weighted by molar-refractivity contribution is -0.116. The summed E-state index contributed by atoms with van der Waals surface area (Å²) in [6, 6.07) is 13.5. The van der Waals surface area contributed by atoms with E-state index in [2.05, 4.69) is 17.2 Å². The summed E-state index contributed by atoms with van der Waals surface area (Å²) in [5.74, 6) is 0.0195. The van der Waals surface area contributed by atoms with Crippen molar-refractivity contribution in [2.75, 3.05) is 12.4 Å². The molecule has 1 heterocycles. The zero-order chi connectivity index (χ0) is 24.7. The van der Waals surface area contributed by atoms with Crippen LogP contribution in [0.3, 0.4) is 0 Å². The van der Waals surface area contributed by atoms with Crippen molar-refractivity contribution in [2.45, 2.75) is 51.0 Å². The fourth-order valence-corrected chi connectivity index (χ4v) is 5.60. The highest BCUT2D eigenvalue weighted by Gasteiger charge is 2.28. The van der Waals surface area contributed by atoms with Gasteiger partial charge in [0.1, 0.15) is 10.6 Å². The van der Waals surface area contributed by atoms with Gasteiger partial charge >= 0.3 is 0 Å². The van der Waals surface area contributed by atoms with Gasteiger partial charge in [-0.15, -0.1) is 0 Å². The fraction of sp³-hybridized carbons (Fsp3) is 0.333. The molecule has 0 aliphatic heterocycles. The molecule has 0 saturated carbocycles. The third-order valence-electron chi connectivity index (χ3n) is 5.19.